The zero-order valence-corrected chi connectivity index (χ0v) is 7.95. The molecular formula is C9H14ClF. The first-order chi connectivity index (χ1) is 5.11. The van der Waals surface area contributed by atoms with E-state index < -0.39 is 0 Å². The second-order valence-electron chi connectivity index (χ2n) is 2.51. The number of halogens is 2. The van der Waals surface area contributed by atoms with Crippen LogP contribution in [-0.2, 0) is 0 Å². The Kier molecular flexibility index (Phi) is 5.22. The van der Waals surface area contributed by atoms with Gasteiger partial charge in [-0.1, -0.05) is 31.5 Å². The van der Waals surface area contributed by atoms with Gasteiger partial charge in [-0.3, -0.25) is 0 Å². The summed E-state index contributed by atoms with van der Waals surface area (Å²) in [6.07, 6.45) is 3.70. The predicted octanol–water partition coefficient (Wildman–Crippen LogP) is 4.03. The van der Waals surface area contributed by atoms with Crippen molar-refractivity contribution in [2.45, 2.75) is 27.2 Å². The van der Waals surface area contributed by atoms with E-state index in [1.54, 1.807) is 6.92 Å². The summed E-state index contributed by atoms with van der Waals surface area (Å²) >= 11 is 5.79. The third-order valence-corrected chi connectivity index (χ3v) is 2.12. The van der Waals surface area contributed by atoms with Crippen molar-refractivity contribution in [1.29, 1.82) is 0 Å². The molecular weight excluding hydrogens is 163 g/mol. The first-order valence-electron chi connectivity index (χ1n) is 3.80. The minimum Gasteiger partial charge on any atom is -0.207 e. The van der Waals surface area contributed by atoms with Gasteiger partial charge in [0.2, 0.25) is 0 Å². The van der Waals surface area contributed by atoms with Crippen LogP contribution in [0.3, 0.4) is 0 Å². The van der Waals surface area contributed by atoms with E-state index in [2.05, 4.69) is 0 Å². The highest BCUT2D eigenvalue weighted by atomic mass is 35.5. The zero-order valence-electron chi connectivity index (χ0n) is 7.20. The molecule has 0 saturated heterocycles. The highest BCUT2D eigenvalue weighted by Gasteiger charge is 2.03. The fourth-order valence-electron chi connectivity index (χ4n) is 0.552. The lowest BCUT2D eigenvalue weighted by atomic mass is 10.1. The maximum atomic E-state index is 12.6. The molecule has 0 aliphatic rings. The Balaban J connectivity index is 4.21. The molecule has 0 aromatic heterocycles. The molecule has 11 heavy (non-hydrogen) atoms. The summed E-state index contributed by atoms with van der Waals surface area (Å²) in [4.78, 5) is 0. The summed E-state index contributed by atoms with van der Waals surface area (Å²) < 4.78 is 12.6. The Bertz CT molecular complexity index is 170. The minimum absolute atomic E-state index is 0.252. The maximum Gasteiger partial charge on any atom is 0.120 e. The highest BCUT2D eigenvalue weighted by Crippen LogP contribution is 2.20. The van der Waals surface area contributed by atoms with Crippen LogP contribution in [0.1, 0.15) is 27.2 Å². The molecule has 0 aromatic rings. The van der Waals surface area contributed by atoms with Gasteiger partial charge in [-0.2, -0.15) is 0 Å². The van der Waals surface area contributed by atoms with Crippen LogP contribution < -0.4 is 0 Å². The fourth-order valence-corrected chi connectivity index (χ4v) is 0.811. The molecule has 1 unspecified atom stereocenters. The number of rotatable bonds is 3. The molecule has 1 atom stereocenters. The minimum atomic E-state index is -0.268. The van der Waals surface area contributed by atoms with Gasteiger partial charge in [0.1, 0.15) is 5.83 Å². The number of allylic oxidation sites excluding steroid dienone is 4. The SMILES string of the molecule is C/C=C(F)\C=C(\Cl)C(C)CC. The molecule has 0 heterocycles. The van der Waals surface area contributed by atoms with Crippen LogP contribution in [0.4, 0.5) is 4.39 Å². The summed E-state index contributed by atoms with van der Waals surface area (Å²) in [6.45, 7) is 5.64. The normalized spacial score (nSPS) is 16.8. The van der Waals surface area contributed by atoms with Gasteiger partial charge in [0.05, 0.1) is 0 Å². The monoisotopic (exact) mass is 176 g/mol. The third kappa shape index (κ3) is 4.20. The molecule has 0 amide bonds. The van der Waals surface area contributed by atoms with Gasteiger partial charge in [-0.05, 0) is 25.3 Å². The Labute approximate surface area is 72.7 Å². The van der Waals surface area contributed by atoms with Gasteiger partial charge in [-0.15, -0.1) is 0 Å². The average Bonchev–Trinajstić information content (AvgIpc) is 2.02. The van der Waals surface area contributed by atoms with E-state index in [1.165, 1.54) is 12.2 Å². The molecule has 0 aliphatic heterocycles. The summed E-state index contributed by atoms with van der Waals surface area (Å²) in [5, 5.41) is 0.586. The Hall–Kier alpha value is -0.300. The van der Waals surface area contributed by atoms with Crippen molar-refractivity contribution in [2.24, 2.45) is 5.92 Å². The van der Waals surface area contributed by atoms with E-state index >= 15 is 0 Å². The predicted molar refractivity (Wildman–Crippen MR) is 48.3 cm³/mol. The van der Waals surface area contributed by atoms with Crippen LogP contribution in [0.15, 0.2) is 23.0 Å². The van der Waals surface area contributed by atoms with Crippen molar-refractivity contribution in [2.75, 3.05) is 0 Å². The van der Waals surface area contributed by atoms with Gasteiger partial charge in [0.15, 0.2) is 0 Å². The maximum absolute atomic E-state index is 12.6. The van der Waals surface area contributed by atoms with E-state index in [0.29, 0.717) is 5.03 Å². The molecule has 64 valence electrons. The quantitative estimate of drug-likeness (QED) is 0.570. The van der Waals surface area contributed by atoms with Gasteiger partial charge < -0.3 is 0 Å². The molecule has 2 heteroatoms. The molecule has 0 fully saturated rings. The lowest BCUT2D eigenvalue weighted by Crippen LogP contribution is -1.90. The second kappa shape index (κ2) is 5.36. The molecule has 0 rings (SSSR count). The van der Waals surface area contributed by atoms with Crippen LogP contribution in [0.25, 0.3) is 0 Å². The van der Waals surface area contributed by atoms with Crippen molar-refractivity contribution in [3.63, 3.8) is 0 Å². The van der Waals surface area contributed by atoms with Crippen LogP contribution in [-0.4, -0.2) is 0 Å². The highest BCUT2D eigenvalue weighted by molar-refractivity contribution is 6.29. The number of hydrogen-bond acceptors (Lipinski definition) is 0. The van der Waals surface area contributed by atoms with Gasteiger partial charge in [-0.25, -0.2) is 4.39 Å². The van der Waals surface area contributed by atoms with Crippen molar-refractivity contribution in [3.8, 4) is 0 Å². The van der Waals surface area contributed by atoms with E-state index in [0.717, 1.165) is 6.42 Å². The van der Waals surface area contributed by atoms with Crippen molar-refractivity contribution in [1.82, 2.24) is 0 Å². The molecule has 0 nitrogen and oxygen atoms in total. The van der Waals surface area contributed by atoms with E-state index in [1.807, 2.05) is 13.8 Å². The van der Waals surface area contributed by atoms with Gasteiger partial charge >= 0.3 is 0 Å². The number of hydrogen-bond donors (Lipinski definition) is 0. The van der Waals surface area contributed by atoms with Crippen LogP contribution in [0.2, 0.25) is 0 Å². The lowest BCUT2D eigenvalue weighted by molar-refractivity contribution is 0.647. The smallest absolute Gasteiger partial charge is 0.120 e. The Morgan fingerprint density at radius 2 is 2.18 bits per heavy atom. The summed E-state index contributed by atoms with van der Waals surface area (Å²) in [6, 6.07) is 0. The standard InChI is InChI=1S/C9H14ClF/c1-4-7(3)9(10)6-8(11)5-2/h5-7H,4H2,1-3H3/b8-5+,9-6+. The molecule has 0 N–H and O–H groups in total. The third-order valence-electron chi connectivity index (χ3n) is 1.63. The zero-order chi connectivity index (χ0) is 8.85. The Morgan fingerprint density at radius 1 is 1.64 bits per heavy atom. The summed E-state index contributed by atoms with van der Waals surface area (Å²) in [5.74, 6) is -0.0160. The lowest BCUT2D eigenvalue weighted by Gasteiger charge is -2.04. The molecule has 0 aliphatic carbocycles. The first-order valence-corrected chi connectivity index (χ1v) is 4.18. The Morgan fingerprint density at radius 3 is 2.55 bits per heavy atom. The average molecular weight is 177 g/mol. The summed E-state index contributed by atoms with van der Waals surface area (Å²) in [7, 11) is 0. The van der Waals surface area contributed by atoms with E-state index in [9.17, 15) is 4.39 Å². The fraction of sp³-hybridized carbons (Fsp3) is 0.556. The largest absolute Gasteiger partial charge is 0.207 e. The molecule has 0 radical (unpaired) electrons. The molecule has 0 saturated carbocycles. The van der Waals surface area contributed by atoms with Crippen molar-refractivity contribution < 1.29 is 4.39 Å². The van der Waals surface area contributed by atoms with E-state index in [-0.39, 0.29) is 11.7 Å². The molecule has 0 spiro atoms. The van der Waals surface area contributed by atoms with Crippen molar-refractivity contribution in [3.05, 3.63) is 23.0 Å². The van der Waals surface area contributed by atoms with Gasteiger partial charge in [0.25, 0.3) is 0 Å². The molecule has 0 bridgehead atoms. The van der Waals surface area contributed by atoms with Crippen molar-refractivity contribution >= 4 is 11.6 Å². The van der Waals surface area contributed by atoms with E-state index in [4.69, 9.17) is 11.6 Å². The first kappa shape index (κ1) is 10.7. The van der Waals surface area contributed by atoms with Crippen LogP contribution >= 0.6 is 11.6 Å². The van der Waals surface area contributed by atoms with Gasteiger partial charge in [0, 0.05) is 5.03 Å². The molecule has 0 aromatic carbocycles. The second-order valence-corrected chi connectivity index (χ2v) is 2.95. The summed E-state index contributed by atoms with van der Waals surface area (Å²) in [5.41, 5.74) is 0. The van der Waals surface area contributed by atoms with Crippen LogP contribution in [0.5, 0.6) is 0 Å². The topological polar surface area (TPSA) is 0 Å². The van der Waals surface area contributed by atoms with Crippen LogP contribution in [0, 0.1) is 5.92 Å².